The first-order chi connectivity index (χ1) is 30.6. The van der Waals surface area contributed by atoms with Gasteiger partial charge in [0.25, 0.3) is 0 Å². The van der Waals surface area contributed by atoms with Crippen molar-refractivity contribution in [3.63, 3.8) is 0 Å². The molecule has 0 spiro atoms. The summed E-state index contributed by atoms with van der Waals surface area (Å²) in [5.41, 5.74) is 11.5. The van der Waals surface area contributed by atoms with Crippen LogP contribution in [0.25, 0.3) is 0 Å². The van der Waals surface area contributed by atoms with E-state index in [9.17, 15) is 53.1 Å². The number of piperidine rings is 1. The number of primary amides is 2. The summed E-state index contributed by atoms with van der Waals surface area (Å²) in [4.78, 5) is 134. The highest BCUT2D eigenvalue weighted by molar-refractivity contribution is 5.99. The van der Waals surface area contributed by atoms with Gasteiger partial charge in [0.1, 0.15) is 47.8 Å². The fraction of sp³-hybridized carbons (Fsp3) is 0.644. The molecule has 9 amide bonds. The average Bonchev–Trinajstić information content (AvgIpc) is 3.24. The summed E-state index contributed by atoms with van der Waals surface area (Å²) >= 11 is 0. The summed E-state index contributed by atoms with van der Waals surface area (Å²) in [6, 6.07) is -2.08. The molecule has 362 valence electrons. The van der Waals surface area contributed by atoms with E-state index >= 15 is 0 Å². The van der Waals surface area contributed by atoms with E-state index in [1.54, 1.807) is 32.9 Å². The first kappa shape index (κ1) is 55.1. The number of aromatic hydroxyl groups is 1. The van der Waals surface area contributed by atoms with Gasteiger partial charge in [-0.2, -0.15) is 0 Å². The van der Waals surface area contributed by atoms with E-state index in [2.05, 4.69) is 31.9 Å². The van der Waals surface area contributed by atoms with Crippen molar-refractivity contribution >= 4 is 58.9 Å². The molecule has 1 heterocycles. The zero-order valence-electron chi connectivity index (χ0n) is 38.8. The largest absolute Gasteiger partial charge is 0.508 e. The number of ketones is 1. The lowest BCUT2D eigenvalue weighted by atomic mass is 9.96. The number of phenols is 1. The van der Waals surface area contributed by atoms with Crippen molar-refractivity contribution in [2.75, 3.05) is 6.54 Å². The summed E-state index contributed by atoms with van der Waals surface area (Å²) in [7, 11) is 0. The highest BCUT2D eigenvalue weighted by atomic mass is 16.3. The Morgan fingerprint density at radius 3 is 1.86 bits per heavy atom. The van der Waals surface area contributed by atoms with Crippen LogP contribution in [0.3, 0.4) is 0 Å². The second-order valence-corrected chi connectivity index (χ2v) is 17.4. The van der Waals surface area contributed by atoms with Gasteiger partial charge < -0.3 is 58.2 Å². The number of likely N-dealkylation sites (tertiary alicyclic amines) is 1. The molecule has 11 N–H and O–H groups in total. The minimum Gasteiger partial charge on any atom is -0.508 e. The summed E-state index contributed by atoms with van der Waals surface area (Å²) < 4.78 is 0. The third-order valence-electron chi connectivity index (χ3n) is 11.2. The van der Waals surface area contributed by atoms with Gasteiger partial charge in [0.15, 0.2) is 0 Å². The Kier molecular flexibility index (Phi) is 23.1. The van der Waals surface area contributed by atoms with E-state index in [1.807, 2.05) is 20.8 Å². The lowest BCUT2D eigenvalue weighted by molar-refractivity contribution is -0.146. The van der Waals surface area contributed by atoms with Crippen LogP contribution >= 0.6 is 0 Å². The molecule has 1 fully saturated rings. The van der Waals surface area contributed by atoms with Crippen LogP contribution in [0, 0.1) is 11.8 Å². The van der Waals surface area contributed by atoms with Crippen molar-refractivity contribution in [2.45, 2.75) is 168 Å². The standard InChI is InChI=1S/C45H71N9O11/c1-8-26(5)39(53-42(62)33(49-38(59)9-2)23-29-14-16-30(56)17-15-29)44(64)50-31(19-20-36(46)57)40(60)52-34(24-37(47)58)41(61)51-32(18-13-28(7)55)45(65)54-21-11-10-12-35(54)43(63)48-27(6)22-25(3)4/h14-17,25-27,31-35,39,56H,8-13,18-24H2,1-7H3,(H2,46,57)(H2,47,58)(H,48,63)(H,49,59)(H,50,64)(H,51,61)(H,52,60)(H,53,62)/t26?,27?,31-,32?,33-,34-,35?,39?/m0/s1. The molecule has 8 atom stereocenters. The number of carbonyl (C=O) groups excluding carboxylic acids is 10. The first-order valence-electron chi connectivity index (χ1n) is 22.5. The molecule has 5 unspecified atom stereocenters. The molecule has 2 rings (SSSR count). The number of benzene rings is 1. The van der Waals surface area contributed by atoms with Crippen molar-refractivity contribution in [3.8, 4) is 5.75 Å². The minimum absolute atomic E-state index is 0.00289. The molecule has 1 aromatic carbocycles. The number of amides is 9. The van der Waals surface area contributed by atoms with Gasteiger partial charge in [-0.25, -0.2) is 0 Å². The minimum atomic E-state index is -1.72. The predicted molar refractivity (Wildman–Crippen MR) is 240 cm³/mol. The third kappa shape index (κ3) is 19.3. The van der Waals surface area contributed by atoms with Crippen LogP contribution < -0.4 is 43.4 Å². The average molecular weight is 914 g/mol. The Hall–Kier alpha value is -6.08. The summed E-state index contributed by atoms with van der Waals surface area (Å²) in [6.45, 7) is 12.5. The van der Waals surface area contributed by atoms with Crippen LogP contribution in [0.5, 0.6) is 5.75 Å². The molecule has 0 aliphatic carbocycles. The van der Waals surface area contributed by atoms with Crippen LogP contribution in [0.2, 0.25) is 0 Å². The van der Waals surface area contributed by atoms with E-state index in [-0.39, 0.29) is 62.1 Å². The Morgan fingerprint density at radius 2 is 1.29 bits per heavy atom. The number of nitrogens with two attached hydrogens (primary N) is 2. The SMILES string of the molecule is CCC(=O)N[C@@H](Cc1ccc(O)cc1)C(=O)NC(C(=O)N[C@@H](CCC(N)=O)C(=O)N[C@@H](CC(N)=O)C(=O)NC(CCC(C)=O)C(=O)N1CCCCC1C(=O)NC(C)CC(C)C)C(C)CC. The van der Waals surface area contributed by atoms with Crippen molar-refractivity contribution in [1.82, 2.24) is 36.8 Å². The van der Waals surface area contributed by atoms with Crippen LogP contribution in [0.1, 0.15) is 125 Å². The van der Waals surface area contributed by atoms with Crippen LogP contribution in [-0.2, 0) is 54.4 Å². The zero-order valence-corrected chi connectivity index (χ0v) is 38.8. The molecule has 0 saturated carbocycles. The van der Waals surface area contributed by atoms with Gasteiger partial charge in [0.05, 0.1) is 6.42 Å². The molecule has 1 aliphatic rings. The van der Waals surface area contributed by atoms with Crippen LogP contribution in [0.4, 0.5) is 0 Å². The van der Waals surface area contributed by atoms with Gasteiger partial charge in [-0.1, -0.05) is 53.2 Å². The van der Waals surface area contributed by atoms with Crippen molar-refractivity contribution in [3.05, 3.63) is 29.8 Å². The van der Waals surface area contributed by atoms with E-state index in [0.717, 1.165) is 0 Å². The number of Topliss-reactive ketones (excluding diaryl/α,β-unsaturated/α-hetero) is 1. The summed E-state index contributed by atoms with van der Waals surface area (Å²) in [5.74, 6) is -7.43. The second-order valence-electron chi connectivity index (χ2n) is 17.4. The van der Waals surface area contributed by atoms with Crippen molar-refractivity contribution in [1.29, 1.82) is 0 Å². The molecule has 0 bridgehead atoms. The lowest BCUT2D eigenvalue weighted by Gasteiger charge is -2.38. The van der Waals surface area contributed by atoms with E-state index < -0.39 is 102 Å². The normalized spacial score (nSPS) is 16.9. The Morgan fingerprint density at radius 1 is 0.708 bits per heavy atom. The Labute approximate surface area is 381 Å². The number of nitrogens with one attached hydrogen (secondary N) is 6. The van der Waals surface area contributed by atoms with Crippen LogP contribution in [0.15, 0.2) is 24.3 Å². The van der Waals surface area contributed by atoms with Crippen LogP contribution in [-0.4, -0.2) is 118 Å². The van der Waals surface area contributed by atoms with Gasteiger partial charge in [0.2, 0.25) is 53.2 Å². The quantitative estimate of drug-likeness (QED) is 0.0577. The third-order valence-corrected chi connectivity index (χ3v) is 11.2. The number of rotatable bonds is 27. The second kappa shape index (κ2) is 27.3. The highest BCUT2D eigenvalue weighted by Crippen LogP contribution is 2.21. The molecule has 65 heavy (non-hydrogen) atoms. The highest BCUT2D eigenvalue weighted by Gasteiger charge is 2.39. The number of hydrogen-bond acceptors (Lipinski definition) is 11. The molecule has 1 saturated heterocycles. The predicted octanol–water partition coefficient (Wildman–Crippen LogP) is 0.257. The molecule has 20 nitrogen and oxygen atoms in total. The first-order valence-corrected chi connectivity index (χ1v) is 22.5. The van der Waals surface area contributed by atoms with E-state index in [1.165, 1.54) is 24.0 Å². The summed E-state index contributed by atoms with van der Waals surface area (Å²) in [5, 5.41) is 25.5. The number of carbonyl (C=O) groups is 10. The van der Waals surface area contributed by atoms with E-state index in [4.69, 9.17) is 11.5 Å². The van der Waals surface area contributed by atoms with Gasteiger partial charge in [-0.3, -0.25) is 43.2 Å². The molecule has 0 radical (unpaired) electrons. The van der Waals surface area contributed by atoms with Gasteiger partial charge in [-0.15, -0.1) is 0 Å². The molecular formula is C45H71N9O11. The number of hydrogen-bond donors (Lipinski definition) is 9. The molecule has 20 heteroatoms. The molecule has 0 aromatic heterocycles. The topological polar surface area (TPSA) is 318 Å². The summed E-state index contributed by atoms with van der Waals surface area (Å²) in [6.07, 6.45) is 0.937. The fourth-order valence-corrected chi connectivity index (χ4v) is 7.48. The lowest BCUT2D eigenvalue weighted by Crippen LogP contribution is -2.61. The Balaban J connectivity index is 2.40. The van der Waals surface area contributed by atoms with Gasteiger partial charge in [-0.05, 0) is 81.9 Å². The molecule has 1 aromatic rings. The maximum absolute atomic E-state index is 14.2. The Bertz CT molecular complexity index is 1840. The van der Waals surface area contributed by atoms with E-state index in [0.29, 0.717) is 43.6 Å². The zero-order chi connectivity index (χ0) is 49.0. The monoisotopic (exact) mass is 914 g/mol. The maximum atomic E-state index is 14.2. The number of phenolic OH excluding ortho intramolecular Hbond substituents is 1. The van der Waals surface area contributed by atoms with Crippen molar-refractivity contribution in [2.24, 2.45) is 23.3 Å². The molecule has 1 aliphatic heterocycles. The molecular weight excluding hydrogens is 843 g/mol. The van der Waals surface area contributed by atoms with Crippen molar-refractivity contribution < 1.29 is 53.1 Å². The fourth-order valence-electron chi connectivity index (χ4n) is 7.48. The van der Waals surface area contributed by atoms with Gasteiger partial charge >= 0.3 is 0 Å². The number of nitrogens with zero attached hydrogens (tertiary/aromatic N) is 1. The smallest absolute Gasteiger partial charge is 0.245 e. The maximum Gasteiger partial charge on any atom is 0.245 e. The van der Waals surface area contributed by atoms with Gasteiger partial charge in [0, 0.05) is 38.3 Å².